The Morgan fingerprint density at radius 3 is 2.62 bits per heavy atom. The molecule has 0 atom stereocenters. The first kappa shape index (κ1) is 18.6. The average molecular weight is 391 g/mol. The van der Waals surface area contributed by atoms with Gasteiger partial charge in [-0.2, -0.15) is 0 Å². The number of methoxy groups -OCH3 is 1. The topological polar surface area (TPSA) is 61.2 Å². The Labute approximate surface area is 160 Å². The molecule has 0 spiro atoms. The number of esters is 1. The van der Waals surface area contributed by atoms with Crippen LogP contribution in [0.2, 0.25) is 5.02 Å². The predicted octanol–water partition coefficient (Wildman–Crippen LogP) is 4.35. The van der Waals surface area contributed by atoms with Crippen LogP contribution in [0.1, 0.15) is 23.3 Å². The summed E-state index contributed by atoms with van der Waals surface area (Å²) in [6.45, 7) is 4.33. The molecule has 0 N–H and O–H groups in total. The highest BCUT2D eigenvalue weighted by atomic mass is 35.5. The molecule has 0 aliphatic heterocycles. The SMILES string of the molecule is COC(=O)CCCn1c(-c2ccc(Cl)cc2)nc2sc(C)c(C)c2c1=O. The maximum absolute atomic E-state index is 13.2. The van der Waals surface area contributed by atoms with Gasteiger partial charge in [0, 0.05) is 28.4 Å². The third kappa shape index (κ3) is 3.52. The summed E-state index contributed by atoms with van der Waals surface area (Å²) in [6, 6.07) is 7.24. The molecule has 7 heteroatoms. The second-order valence-electron chi connectivity index (χ2n) is 6.04. The van der Waals surface area contributed by atoms with Gasteiger partial charge < -0.3 is 4.74 Å². The highest BCUT2D eigenvalue weighted by molar-refractivity contribution is 7.18. The van der Waals surface area contributed by atoms with Crippen LogP contribution in [0.25, 0.3) is 21.6 Å². The second kappa shape index (κ2) is 7.60. The summed E-state index contributed by atoms with van der Waals surface area (Å²) >= 11 is 7.51. The quantitative estimate of drug-likeness (QED) is 0.607. The van der Waals surface area contributed by atoms with Crippen LogP contribution in [-0.4, -0.2) is 22.6 Å². The van der Waals surface area contributed by atoms with Crippen molar-refractivity contribution < 1.29 is 9.53 Å². The van der Waals surface area contributed by atoms with Gasteiger partial charge in [-0.05, 0) is 50.1 Å². The number of rotatable bonds is 5. The summed E-state index contributed by atoms with van der Waals surface area (Å²) in [5.74, 6) is 0.299. The lowest BCUT2D eigenvalue weighted by Crippen LogP contribution is -2.24. The van der Waals surface area contributed by atoms with Crippen LogP contribution in [0.5, 0.6) is 0 Å². The number of hydrogen-bond donors (Lipinski definition) is 0. The largest absolute Gasteiger partial charge is 0.469 e. The van der Waals surface area contributed by atoms with Crippen molar-refractivity contribution in [2.24, 2.45) is 0 Å². The number of carbonyl (C=O) groups excluding carboxylic acids is 1. The van der Waals surface area contributed by atoms with Gasteiger partial charge in [0.25, 0.3) is 5.56 Å². The molecule has 136 valence electrons. The van der Waals surface area contributed by atoms with E-state index in [1.54, 1.807) is 16.7 Å². The van der Waals surface area contributed by atoms with E-state index in [9.17, 15) is 9.59 Å². The van der Waals surface area contributed by atoms with E-state index in [0.717, 1.165) is 20.8 Å². The molecule has 2 aromatic heterocycles. The zero-order valence-corrected chi connectivity index (χ0v) is 16.4. The van der Waals surface area contributed by atoms with Crippen molar-refractivity contribution in [3.63, 3.8) is 0 Å². The molecule has 1 aromatic carbocycles. The zero-order valence-electron chi connectivity index (χ0n) is 14.8. The van der Waals surface area contributed by atoms with E-state index in [-0.39, 0.29) is 17.9 Å². The molecule has 0 unspecified atom stereocenters. The summed E-state index contributed by atoms with van der Waals surface area (Å²) in [6.07, 6.45) is 0.755. The van der Waals surface area contributed by atoms with Gasteiger partial charge in [0.15, 0.2) is 0 Å². The summed E-state index contributed by atoms with van der Waals surface area (Å²) < 4.78 is 6.33. The minimum absolute atomic E-state index is 0.0772. The zero-order chi connectivity index (χ0) is 18.8. The van der Waals surface area contributed by atoms with Crippen LogP contribution in [0.4, 0.5) is 0 Å². The van der Waals surface area contributed by atoms with Crippen LogP contribution in [-0.2, 0) is 16.1 Å². The number of carbonyl (C=O) groups is 1. The molecule has 0 aliphatic rings. The number of halogens is 1. The normalized spacial score (nSPS) is 11.1. The molecule has 2 heterocycles. The summed E-state index contributed by atoms with van der Waals surface area (Å²) in [4.78, 5) is 31.1. The number of aromatic nitrogens is 2. The van der Waals surface area contributed by atoms with Crippen molar-refractivity contribution >= 4 is 39.1 Å². The Morgan fingerprint density at radius 2 is 1.96 bits per heavy atom. The maximum Gasteiger partial charge on any atom is 0.305 e. The maximum atomic E-state index is 13.2. The highest BCUT2D eigenvalue weighted by Gasteiger charge is 2.17. The molecular weight excluding hydrogens is 372 g/mol. The second-order valence-corrected chi connectivity index (χ2v) is 7.68. The molecular formula is C19H19ClN2O3S. The first-order chi connectivity index (χ1) is 12.4. The number of benzene rings is 1. The van der Waals surface area contributed by atoms with Gasteiger partial charge >= 0.3 is 5.97 Å². The number of aryl methyl sites for hydroxylation is 2. The van der Waals surface area contributed by atoms with Crippen LogP contribution in [0, 0.1) is 13.8 Å². The minimum Gasteiger partial charge on any atom is -0.469 e. The van der Waals surface area contributed by atoms with E-state index in [4.69, 9.17) is 16.6 Å². The molecule has 0 saturated carbocycles. The number of hydrogen-bond acceptors (Lipinski definition) is 5. The molecule has 0 amide bonds. The van der Waals surface area contributed by atoms with Gasteiger partial charge in [-0.3, -0.25) is 14.2 Å². The molecule has 0 bridgehead atoms. The molecule has 26 heavy (non-hydrogen) atoms. The lowest BCUT2D eigenvalue weighted by Gasteiger charge is -2.13. The van der Waals surface area contributed by atoms with Crippen LogP contribution >= 0.6 is 22.9 Å². The molecule has 0 radical (unpaired) electrons. The Morgan fingerprint density at radius 1 is 1.27 bits per heavy atom. The first-order valence-corrected chi connectivity index (χ1v) is 9.45. The first-order valence-electron chi connectivity index (χ1n) is 8.25. The van der Waals surface area contributed by atoms with Crippen LogP contribution in [0.15, 0.2) is 29.1 Å². The monoisotopic (exact) mass is 390 g/mol. The molecule has 0 saturated heterocycles. The summed E-state index contributed by atoms with van der Waals surface area (Å²) in [5, 5.41) is 1.28. The smallest absolute Gasteiger partial charge is 0.305 e. The number of ether oxygens (including phenoxy) is 1. The van der Waals surface area contributed by atoms with Crippen LogP contribution < -0.4 is 5.56 Å². The van der Waals surface area contributed by atoms with E-state index < -0.39 is 0 Å². The minimum atomic E-state index is -0.289. The van der Waals surface area contributed by atoms with Crippen molar-refractivity contribution in [1.29, 1.82) is 0 Å². The summed E-state index contributed by atoms with van der Waals surface area (Å²) in [7, 11) is 1.36. The predicted molar refractivity (Wildman–Crippen MR) is 105 cm³/mol. The van der Waals surface area contributed by atoms with Crippen molar-refractivity contribution in [3.05, 3.63) is 50.1 Å². The van der Waals surface area contributed by atoms with Gasteiger partial charge in [-0.25, -0.2) is 4.98 Å². The lowest BCUT2D eigenvalue weighted by atomic mass is 10.1. The molecule has 0 aliphatic carbocycles. The van der Waals surface area contributed by atoms with Crippen molar-refractivity contribution in [3.8, 4) is 11.4 Å². The Bertz CT molecular complexity index is 1020. The molecule has 0 fully saturated rings. The van der Waals surface area contributed by atoms with E-state index in [1.807, 2.05) is 26.0 Å². The number of thiophene rings is 1. The van der Waals surface area contributed by atoms with E-state index >= 15 is 0 Å². The Kier molecular flexibility index (Phi) is 5.44. The standard InChI is InChI=1S/C19H19ClN2O3S/c1-11-12(2)26-18-16(11)19(24)22(10-4-5-15(23)25-3)17(21-18)13-6-8-14(20)9-7-13/h6-9H,4-5,10H2,1-3H3. The molecule has 5 nitrogen and oxygen atoms in total. The fraction of sp³-hybridized carbons (Fsp3) is 0.316. The lowest BCUT2D eigenvalue weighted by molar-refractivity contribution is -0.140. The third-order valence-electron chi connectivity index (χ3n) is 4.38. The van der Waals surface area contributed by atoms with Gasteiger partial charge in [0.2, 0.25) is 0 Å². The Hall–Kier alpha value is -2.18. The van der Waals surface area contributed by atoms with E-state index in [2.05, 4.69) is 4.74 Å². The fourth-order valence-corrected chi connectivity index (χ4v) is 3.98. The molecule has 3 aromatic rings. The van der Waals surface area contributed by atoms with Crippen molar-refractivity contribution in [1.82, 2.24) is 9.55 Å². The number of fused-ring (bicyclic) bond motifs is 1. The summed E-state index contributed by atoms with van der Waals surface area (Å²) in [5.41, 5.74) is 1.70. The van der Waals surface area contributed by atoms with Gasteiger partial charge in [0.1, 0.15) is 10.7 Å². The van der Waals surface area contributed by atoms with Crippen LogP contribution in [0.3, 0.4) is 0 Å². The molecule has 3 rings (SSSR count). The van der Waals surface area contributed by atoms with Crippen molar-refractivity contribution in [2.45, 2.75) is 33.2 Å². The van der Waals surface area contributed by atoms with Gasteiger partial charge in [0.05, 0.1) is 12.5 Å². The number of nitrogens with zero attached hydrogens (tertiary/aromatic N) is 2. The average Bonchev–Trinajstić information content (AvgIpc) is 2.91. The van der Waals surface area contributed by atoms with Gasteiger partial charge in [-0.1, -0.05) is 11.6 Å². The highest BCUT2D eigenvalue weighted by Crippen LogP contribution is 2.29. The van der Waals surface area contributed by atoms with Gasteiger partial charge in [-0.15, -0.1) is 11.3 Å². The third-order valence-corrected chi connectivity index (χ3v) is 5.73. The Balaban J connectivity index is 2.14. The van der Waals surface area contributed by atoms with Crippen molar-refractivity contribution in [2.75, 3.05) is 7.11 Å². The van der Waals surface area contributed by atoms with E-state index in [0.29, 0.717) is 29.2 Å². The van der Waals surface area contributed by atoms with E-state index in [1.165, 1.54) is 18.4 Å². The fourth-order valence-electron chi connectivity index (χ4n) is 2.84.